The standard InChI is InChI=1S/C17H21N3S/c1-21-16-6-4-14(5-7-16)11-20-10-2-3-15(12-20)17-8-9-18-13-19-17/h4-9,13,15H,2-3,10-12H2,1H3. The predicted molar refractivity (Wildman–Crippen MR) is 87.5 cm³/mol. The summed E-state index contributed by atoms with van der Waals surface area (Å²) in [4.78, 5) is 12.3. The number of thioether (sulfide) groups is 1. The first-order valence-electron chi connectivity index (χ1n) is 7.46. The minimum Gasteiger partial charge on any atom is -0.298 e. The fourth-order valence-corrected chi connectivity index (χ4v) is 3.38. The van der Waals surface area contributed by atoms with Crippen molar-refractivity contribution in [2.75, 3.05) is 19.3 Å². The van der Waals surface area contributed by atoms with E-state index in [0.717, 1.165) is 13.1 Å². The molecule has 1 aromatic heterocycles. The Morgan fingerprint density at radius 1 is 1.24 bits per heavy atom. The maximum atomic E-state index is 4.43. The Morgan fingerprint density at radius 3 is 2.81 bits per heavy atom. The summed E-state index contributed by atoms with van der Waals surface area (Å²) in [5, 5.41) is 0. The monoisotopic (exact) mass is 299 g/mol. The second-order valence-electron chi connectivity index (χ2n) is 5.56. The highest BCUT2D eigenvalue weighted by Crippen LogP contribution is 2.26. The van der Waals surface area contributed by atoms with Crippen molar-refractivity contribution in [1.82, 2.24) is 14.9 Å². The second-order valence-corrected chi connectivity index (χ2v) is 6.44. The normalized spacial score (nSPS) is 19.6. The molecule has 0 radical (unpaired) electrons. The van der Waals surface area contributed by atoms with Crippen molar-refractivity contribution in [2.24, 2.45) is 0 Å². The molecule has 0 saturated carbocycles. The molecule has 2 heterocycles. The van der Waals surface area contributed by atoms with E-state index in [1.165, 1.54) is 35.5 Å². The van der Waals surface area contributed by atoms with Crippen LogP contribution in [0.2, 0.25) is 0 Å². The van der Waals surface area contributed by atoms with Gasteiger partial charge in [0.05, 0.1) is 0 Å². The summed E-state index contributed by atoms with van der Waals surface area (Å²) in [5.41, 5.74) is 2.59. The van der Waals surface area contributed by atoms with E-state index in [0.29, 0.717) is 5.92 Å². The summed E-state index contributed by atoms with van der Waals surface area (Å²) in [7, 11) is 0. The number of nitrogens with zero attached hydrogens (tertiary/aromatic N) is 3. The molecule has 1 fully saturated rings. The Kier molecular flexibility index (Phi) is 4.88. The Bertz CT molecular complexity index is 556. The van der Waals surface area contributed by atoms with Crippen molar-refractivity contribution >= 4 is 11.8 Å². The van der Waals surface area contributed by atoms with Crippen molar-refractivity contribution in [3.8, 4) is 0 Å². The highest BCUT2D eigenvalue weighted by atomic mass is 32.2. The molecule has 0 bridgehead atoms. The van der Waals surface area contributed by atoms with Gasteiger partial charge in [-0.1, -0.05) is 12.1 Å². The van der Waals surface area contributed by atoms with Crippen molar-refractivity contribution in [2.45, 2.75) is 30.2 Å². The fraction of sp³-hybridized carbons (Fsp3) is 0.412. The molecule has 1 unspecified atom stereocenters. The summed E-state index contributed by atoms with van der Waals surface area (Å²) in [6, 6.07) is 11.0. The predicted octanol–water partition coefficient (Wildman–Crippen LogP) is 3.58. The zero-order chi connectivity index (χ0) is 14.5. The molecule has 1 aliphatic heterocycles. The Labute approximate surface area is 130 Å². The van der Waals surface area contributed by atoms with Gasteiger partial charge in [-0.3, -0.25) is 4.90 Å². The maximum absolute atomic E-state index is 4.43. The number of rotatable bonds is 4. The topological polar surface area (TPSA) is 29.0 Å². The first-order chi connectivity index (χ1) is 10.3. The molecule has 0 amide bonds. The summed E-state index contributed by atoms with van der Waals surface area (Å²) in [6.45, 7) is 3.32. The van der Waals surface area contributed by atoms with Crippen LogP contribution in [0.15, 0.2) is 47.8 Å². The van der Waals surface area contributed by atoms with Gasteiger partial charge in [-0.25, -0.2) is 9.97 Å². The van der Waals surface area contributed by atoms with Crippen LogP contribution in [-0.4, -0.2) is 34.2 Å². The average molecular weight is 299 g/mol. The van der Waals surface area contributed by atoms with Crippen LogP contribution in [0.25, 0.3) is 0 Å². The summed E-state index contributed by atoms with van der Waals surface area (Å²) in [6.07, 6.45) is 8.11. The van der Waals surface area contributed by atoms with Crippen LogP contribution in [0.3, 0.4) is 0 Å². The fourth-order valence-electron chi connectivity index (χ4n) is 2.97. The largest absolute Gasteiger partial charge is 0.298 e. The van der Waals surface area contributed by atoms with Crippen LogP contribution in [-0.2, 0) is 6.54 Å². The molecule has 3 nitrogen and oxygen atoms in total. The van der Waals surface area contributed by atoms with Crippen LogP contribution in [0, 0.1) is 0 Å². The van der Waals surface area contributed by atoms with E-state index in [-0.39, 0.29) is 0 Å². The van der Waals surface area contributed by atoms with Gasteiger partial charge in [0.15, 0.2) is 0 Å². The highest BCUT2D eigenvalue weighted by Gasteiger charge is 2.22. The van der Waals surface area contributed by atoms with Gasteiger partial charge < -0.3 is 0 Å². The SMILES string of the molecule is CSc1ccc(CN2CCCC(c3ccncn3)C2)cc1. The molecular weight excluding hydrogens is 278 g/mol. The number of hydrogen-bond acceptors (Lipinski definition) is 4. The van der Waals surface area contributed by atoms with Crippen molar-refractivity contribution in [3.05, 3.63) is 54.1 Å². The van der Waals surface area contributed by atoms with Crippen molar-refractivity contribution in [3.63, 3.8) is 0 Å². The van der Waals surface area contributed by atoms with Gasteiger partial charge in [-0.05, 0) is 49.4 Å². The van der Waals surface area contributed by atoms with E-state index in [4.69, 9.17) is 0 Å². The lowest BCUT2D eigenvalue weighted by Crippen LogP contribution is -2.34. The number of benzene rings is 1. The Morgan fingerprint density at radius 2 is 2.10 bits per heavy atom. The molecule has 1 atom stereocenters. The van der Waals surface area contributed by atoms with Gasteiger partial charge in [0.1, 0.15) is 6.33 Å². The molecule has 0 aliphatic carbocycles. The Hall–Kier alpha value is -1.39. The maximum Gasteiger partial charge on any atom is 0.115 e. The summed E-state index contributed by atoms with van der Waals surface area (Å²) < 4.78 is 0. The number of piperidine rings is 1. The van der Waals surface area contributed by atoms with Gasteiger partial charge in [-0.15, -0.1) is 11.8 Å². The molecule has 1 aliphatic rings. The second kappa shape index (κ2) is 7.05. The van der Waals surface area contributed by atoms with Crippen LogP contribution >= 0.6 is 11.8 Å². The number of aromatic nitrogens is 2. The smallest absolute Gasteiger partial charge is 0.115 e. The molecule has 2 aromatic rings. The van der Waals surface area contributed by atoms with Crippen LogP contribution in [0.1, 0.15) is 30.0 Å². The van der Waals surface area contributed by atoms with E-state index < -0.39 is 0 Å². The molecule has 3 rings (SSSR count). The van der Waals surface area contributed by atoms with E-state index >= 15 is 0 Å². The van der Waals surface area contributed by atoms with Gasteiger partial charge >= 0.3 is 0 Å². The van der Waals surface area contributed by atoms with Crippen molar-refractivity contribution < 1.29 is 0 Å². The summed E-state index contributed by atoms with van der Waals surface area (Å²) in [5.74, 6) is 0.548. The lowest BCUT2D eigenvalue weighted by Gasteiger charge is -2.32. The lowest BCUT2D eigenvalue weighted by atomic mass is 9.94. The first-order valence-corrected chi connectivity index (χ1v) is 8.69. The molecule has 0 spiro atoms. The highest BCUT2D eigenvalue weighted by molar-refractivity contribution is 7.98. The molecular formula is C17H21N3S. The Balaban J connectivity index is 1.63. The van der Waals surface area contributed by atoms with Gasteiger partial charge in [-0.2, -0.15) is 0 Å². The van der Waals surface area contributed by atoms with Crippen molar-refractivity contribution in [1.29, 1.82) is 0 Å². The van der Waals surface area contributed by atoms with Crippen LogP contribution in [0.5, 0.6) is 0 Å². The third-order valence-corrected chi connectivity index (χ3v) is 4.84. The van der Waals surface area contributed by atoms with E-state index in [1.54, 1.807) is 18.1 Å². The zero-order valence-corrected chi connectivity index (χ0v) is 13.2. The van der Waals surface area contributed by atoms with E-state index in [1.807, 2.05) is 6.20 Å². The van der Waals surface area contributed by atoms with Crippen LogP contribution < -0.4 is 0 Å². The summed E-state index contributed by atoms with van der Waals surface area (Å²) >= 11 is 1.79. The van der Waals surface area contributed by atoms with E-state index in [9.17, 15) is 0 Å². The molecule has 110 valence electrons. The third-order valence-electron chi connectivity index (χ3n) is 4.09. The third kappa shape index (κ3) is 3.83. The van der Waals surface area contributed by atoms with E-state index in [2.05, 4.69) is 51.5 Å². The lowest BCUT2D eigenvalue weighted by molar-refractivity contribution is 0.198. The molecule has 1 saturated heterocycles. The number of hydrogen-bond donors (Lipinski definition) is 0. The minimum absolute atomic E-state index is 0.548. The van der Waals surface area contributed by atoms with Gasteiger partial charge in [0.2, 0.25) is 0 Å². The average Bonchev–Trinajstić information content (AvgIpc) is 2.57. The zero-order valence-electron chi connectivity index (χ0n) is 12.4. The number of likely N-dealkylation sites (tertiary alicyclic amines) is 1. The molecule has 4 heteroatoms. The first kappa shape index (κ1) is 14.5. The molecule has 21 heavy (non-hydrogen) atoms. The van der Waals surface area contributed by atoms with Gasteiger partial charge in [0, 0.05) is 35.8 Å². The quantitative estimate of drug-likeness (QED) is 0.807. The molecule has 0 N–H and O–H groups in total. The van der Waals surface area contributed by atoms with Crippen LogP contribution in [0.4, 0.5) is 0 Å². The minimum atomic E-state index is 0.548. The molecule has 1 aromatic carbocycles. The van der Waals surface area contributed by atoms with Gasteiger partial charge in [0.25, 0.3) is 0 Å².